The lowest BCUT2D eigenvalue weighted by atomic mass is 10.1. The van der Waals surface area contributed by atoms with Crippen LogP contribution < -0.4 is 15.9 Å². The van der Waals surface area contributed by atoms with Crippen molar-refractivity contribution in [2.24, 2.45) is 10.7 Å². The normalized spacial score (nSPS) is 11.6. The molecule has 0 saturated heterocycles. The van der Waals surface area contributed by atoms with Crippen LogP contribution in [-0.4, -0.2) is 15.4 Å². The number of fused-ring (bicyclic) bond motifs is 1. The van der Waals surface area contributed by atoms with Crippen molar-refractivity contribution in [1.29, 1.82) is 0 Å². The number of rotatable bonds is 6. The molecule has 7 nitrogen and oxygen atoms in total. The first-order chi connectivity index (χ1) is 16.6. The van der Waals surface area contributed by atoms with E-state index in [1.54, 1.807) is 37.6 Å². The van der Waals surface area contributed by atoms with Crippen molar-refractivity contribution in [3.8, 4) is 22.8 Å². The zero-order valence-electron chi connectivity index (χ0n) is 18.5. The van der Waals surface area contributed by atoms with E-state index in [-0.39, 0.29) is 17.8 Å². The van der Waals surface area contributed by atoms with E-state index < -0.39 is 0 Å². The van der Waals surface area contributed by atoms with Crippen molar-refractivity contribution in [2.45, 2.75) is 13.5 Å². The molecule has 0 atom stereocenters. The predicted octanol–water partition coefficient (Wildman–Crippen LogP) is 5.23. The minimum atomic E-state index is -0.271. The first kappa shape index (κ1) is 21.2. The van der Waals surface area contributed by atoms with Crippen LogP contribution in [0.4, 0.5) is 5.69 Å². The van der Waals surface area contributed by atoms with Crippen LogP contribution in [0, 0.1) is 0 Å². The first-order valence-electron chi connectivity index (χ1n) is 10.8. The molecule has 0 bridgehead atoms. The highest BCUT2D eigenvalue weighted by molar-refractivity contribution is 5.87. The fraction of sp³-hybridized carbons (Fsp3) is 0.0741. The van der Waals surface area contributed by atoms with Crippen LogP contribution in [0.25, 0.3) is 28.0 Å². The monoisotopic (exact) mass is 450 g/mol. The molecule has 7 heteroatoms. The van der Waals surface area contributed by atoms with Crippen LogP contribution >= 0.6 is 0 Å². The molecule has 5 aromatic rings. The fourth-order valence-corrected chi connectivity index (χ4v) is 3.71. The van der Waals surface area contributed by atoms with E-state index in [9.17, 15) is 4.79 Å². The highest BCUT2D eigenvalue weighted by Crippen LogP contribution is 2.33. The van der Waals surface area contributed by atoms with Gasteiger partial charge in [0.25, 0.3) is 0 Å². The summed E-state index contributed by atoms with van der Waals surface area (Å²) < 4.78 is 14.2. The predicted molar refractivity (Wildman–Crippen MR) is 133 cm³/mol. The summed E-state index contributed by atoms with van der Waals surface area (Å²) in [5, 5.41) is 0.375. The Morgan fingerprint density at radius 3 is 2.71 bits per heavy atom. The largest absolute Gasteiger partial charge is 0.481 e. The summed E-state index contributed by atoms with van der Waals surface area (Å²) in [6.45, 7) is 1.92. The molecule has 0 aliphatic heterocycles. The molecule has 2 heterocycles. The van der Waals surface area contributed by atoms with Gasteiger partial charge in [-0.1, -0.05) is 42.5 Å². The van der Waals surface area contributed by atoms with E-state index in [1.807, 2.05) is 65.4 Å². The van der Waals surface area contributed by atoms with Crippen molar-refractivity contribution >= 4 is 22.5 Å². The standard InChI is InChI=1S/C27H22N4O3/c1-18(28)30-21-10-11-24-23(15-21)25(32)27(33-16-19-6-3-2-4-7-19)26(34-24)20-8-5-9-22(14-20)31-13-12-29-17-31/h2-15,17H,16H2,1H3,(H2,28,30). The van der Waals surface area contributed by atoms with Gasteiger partial charge >= 0.3 is 0 Å². The zero-order chi connectivity index (χ0) is 23.5. The van der Waals surface area contributed by atoms with Gasteiger partial charge in [0.1, 0.15) is 12.2 Å². The smallest absolute Gasteiger partial charge is 0.235 e. The molecule has 0 aliphatic rings. The van der Waals surface area contributed by atoms with E-state index >= 15 is 0 Å². The number of hydrogen-bond donors (Lipinski definition) is 1. The number of imidazole rings is 1. The first-order valence-corrected chi connectivity index (χ1v) is 10.8. The summed E-state index contributed by atoms with van der Waals surface area (Å²) in [7, 11) is 0. The van der Waals surface area contributed by atoms with Crippen LogP contribution in [0.15, 0.2) is 106 Å². The van der Waals surface area contributed by atoms with Gasteiger partial charge in [-0.05, 0) is 42.8 Å². The molecular formula is C27H22N4O3. The molecule has 0 saturated carbocycles. The van der Waals surface area contributed by atoms with Gasteiger partial charge < -0.3 is 19.5 Å². The van der Waals surface area contributed by atoms with Crippen molar-refractivity contribution in [3.05, 3.63) is 107 Å². The van der Waals surface area contributed by atoms with Gasteiger partial charge in [0, 0.05) is 23.6 Å². The molecule has 0 aliphatic carbocycles. The van der Waals surface area contributed by atoms with E-state index in [0.717, 1.165) is 11.3 Å². The van der Waals surface area contributed by atoms with Crippen molar-refractivity contribution < 1.29 is 9.15 Å². The van der Waals surface area contributed by atoms with Crippen molar-refractivity contribution in [2.75, 3.05) is 0 Å². The third-order valence-corrected chi connectivity index (χ3v) is 5.27. The summed E-state index contributed by atoms with van der Waals surface area (Å²) in [6.07, 6.45) is 5.27. The fourth-order valence-electron chi connectivity index (χ4n) is 3.71. The number of amidine groups is 1. The van der Waals surface area contributed by atoms with Crippen LogP contribution in [0.1, 0.15) is 12.5 Å². The molecule has 2 N–H and O–H groups in total. The SMILES string of the molecule is CC(N)=Nc1ccc2oc(-c3cccc(-n4ccnc4)c3)c(OCc3ccccc3)c(=O)c2c1. The second-order valence-corrected chi connectivity index (χ2v) is 7.82. The quantitative estimate of drug-likeness (QED) is 0.282. The minimum Gasteiger partial charge on any atom is -0.481 e. The Morgan fingerprint density at radius 1 is 1.09 bits per heavy atom. The number of aliphatic imine (C=N–C) groups is 1. The second-order valence-electron chi connectivity index (χ2n) is 7.82. The number of aromatic nitrogens is 2. The molecule has 0 fully saturated rings. The molecule has 3 aromatic carbocycles. The Balaban J connectivity index is 1.67. The Kier molecular flexibility index (Phi) is 5.66. The van der Waals surface area contributed by atoms with Gasteiger partial charge in [-0.25, -0.2) is 9.98 Å². The van der Waals surface area contributed by atoms with E-state index in [0.29, 0.717) is 33.8 Å². The Labute approximate surface area is 195 Å². The molecule has 168 valence electrons. The van der Waals surface area contributed by atoms with E-state index in [2.05, 4.69) is 9.98 Å². The highest BCUT2D eigenvalue weighted by Gasteiger charge is 2.19. The van der Waals surface area contributed by atoms with E-state index in [4.69, 9.17) is 14.9 Å². The average molecular weight is 450 g/mol. The average Bonchev–Trinajstić information content (AvgIpc) is 3.39. The highest BCUT2D eigenvalue weighted by atomic mass is 16.5. The van der Waals surface area contributed by atoms with Gasteiger partial charge in [-0.15, -0.1) is 0 Å². The van der Waals surface area contributed by atoms with Gasteiger partial charge in [0.05, 0.1) is 23.2 Å². The summed E-state index contributed by atoms with van der Waals surface area (Å²) in [5.41, 5.74) is 9.00. The van der Waals surface area contributed by atoms with Crippen molar-refractivity contribution in [1.82, 2.24) is 9.55 Å². The summed E-state index contributed by atoms with van der Waals surface area (Å²) in [6, 6.07) is 22.5. The van der Waals surface area contributed by atoms with Crippen molar-refractivity contribution in [3.63, 3.8) is 0 Å². The maximum absolute atomic E-state index is 13.6. The zero-order valence-corrected chi connectivity index (χ0v) is 18.5. The van der Waals surface area contributed by atoms with Gasteiger partial charge in [0.15, 0.2) is 5.76 Å². The maximum Gasteiger partial charge on any atom is 0.235 e. The van der Waals surface area contributed by atoms with Gasteiger partial charge in [-0.2, -0.15) is 0 Å². The molecule has 0 unspecified atom stereocenters. The minimum absolute atomic E-state index is 0.143. The van der Waals surface area contributed by atoms with Crippen LogP contribution in [-0.2, 0) is 6.61 Å². The molecule has 2 aromatic heterocycles. The second kappa shape index (κ2) is 9.07. The summed E-state index contributed by atoms with van der Waals surface area (Å²) >= 11 is 0. The van der Waals surface area contributed by atoms with Crippen LogP contribution in [0.5, 0.6) is 5.75 Å². The van der Waals surface area contributed by atoms with Crippen LogP contribution in [0.2, 0.25) is 0 Å². The third-order valence-electron chi connectivity index (χ3n) is 5.27. The molecule has 0 amide bonds. The summed E-state index contributed by atoms with van der Waals surface area (Å²) in [4.78, 5) is 22.0. The van der Waals surface area contributed by atoms with Gasteiger partial charge in [0.2, 0.25) is 11.2 Å². The molecule has 34 heavy (non-hydrogen) atoms. The maximum atomic E-state index is 13.6. The summed E-state index contributed by atoms with van der Waals surface area (Å²) in [5.74, 6) is 0.906. The van der Waals surface area contributed by atoms with Gasteiger partial charge in [-0.3, -0.25) is 4.79 Å². The Hall–Kier alpha value is -4.65. The number of hydrogen-bond acceptors (Lipinski definition) is 5. The lowest BCUT2D eigenvalue weighted by molar-refractivity contribution is 0.298. The Bertz CT molecular complexity index is 1530. The molecule has 0 spiro atoms. The lowest BCUT2D eigenvalue weighted by Crippen LogP contribution is -2.10. The number of nitrogens with zero attached hydrogens (tertiary/aromatic N) is 3. The topological polar surface area (TPSA) is 95.6 Å². The third kappa shape index (κ3) is 4.31. The van der Waals surface area contributed by atoms with E-state index in [1.165, 1.54) is 0 Å². The molecule has 5 rings (SSSR count). The lowest BCUT2D eigenvalue weighted by Gasteiger charge is -2.13. The number of nitrogens with two attached hydrogens (primary N) is 1. The molecular weight excluding hydrogens is 428 g/mol. The molecule has 0 radical (unpaired) electrons. The number of ether oxygens (including phenoxy) is 1. The Morgan fingerprint density at radius 2 is 1.94 bits per heavy atom. The number of benzene rings is 3. The van der Waals surface area contributed by atoms with Crippen LogP contribution in [0.3, 0.4) is 0 Å².